The summed E-state index contributed by atoms with van der Waals surface area (Å²) >= 11 is 0. The lowest BCUT2D eigenvalue weighted by atomic mass is 9.83. The topological polar surface area (TPSA) is 70.6 Å². The van der Waals surface area contributed by atoms with Gasteiger partial charge in [0.1, 0.15) is 5.60 Å². The average molecular weight is 364 g/mol. The minimum atomic E-state index is -0.475. The molecule has 0 aliphatic carbocycles. The molecule has 26 heavy (non-hydrogen) atoms. The maximum Gasteiger partial charge on any atom is 0.331 e. The molecule has 0 radical (unpaired) electrons. The minimum absolute atomic E-state index is 0.360. The molecule has 0 aromatic heterocycles. The van der Waals surface area contributed by atoms with Gasteiger partial charge in [-0.2, -0.15) is 0 Å². The fourth-order valence-corrected chi connectivity index (χ4v) is 3.41. The Morgan fingerprint density at radius 1 is 1.08 bits per heavy atom. The molecule has 6 nitrogen and oxygen atoms in total. The summed E-state index contributed by atoms with van der Waals surface area (Å²) in [5, 5.41) is 2.30. The molecule has 0 unspecified atom stereocenters. The molecular weight excluding hydrogens is 334 g/mol. The van der Waals surface area contributed by atoms with E-state index in [4.69, 9.17) is 18.9 Å². The van der Waals surface area contributed by atoms with E-state index >= 15 is 0 Å². The fraction of sp³-hybridized carbons (Fsp3) is 0.550. The predicted octanol–water partition coefficient (Wildman–Crippen LogP) is 2.02. The molecule has 0 spiro atoms. The maximum atomic E-state index is 12.3. The van der Waals surface area contributed by atoms with Crippen LogP contribution in [0.2, 0.25) is 0 Å². The van der Waals surface area contributed by atoms with Crippen LogP contribution in [0, 0.1) is 5.92 Å². The number of hydrogen-bond acceptors (Lipinski definition) is 5. The van der Waals surface area contributed by atoms with E-state index in [1.165, 1.54) is 6.08 Å². The zero-order valence-corrected chi connectivity index (χ0v) is 16.3. The monoisotopic (exact) mass is 364 g/mol. The van der Waals surface area contributed by atoms with Crippen LogP contribution < -0.4 is 19.5 Å². The number of esters is 1. The van der Waals surface area contributed by atoms with Crippen molar-refractivity contribution in [3.63, 3.8) is 0 Å². The standard InChI is InChI=1S/C20H29NO5/c1-20(2,15-10-12-21-13-11-15)26-17(22)9-7-14-6-8-16(23-3)19(25-5)18(14)24-4/h6-9,15,21H,10-13H2,1-5H3/p+1/b9-7+. The third kappa shape index (κ3) is 4.69. The highest BCUT2D eigenvalue weighted by molar-refractivity contribution is 5.88. The van der Waals surface area contributed by atoms with Crippen molar-refractivity contribution >= 4 is 12.0 Å². The molecule has 1 aliphatic rings. The van der Waals surface area contributed by atoms with Gasteiger partial charge >= 0.3 is 5.97 Å². The van der Waals surface area contributed by atoms with Gasteiger partial charge < -0.3 is 24.3 Å². The third-order valence-corrected chi connectivity index (χ3v) is 4.92. The Morgan fingerprint density at radius 3 is 2.31 bits per heavy atom. The van der Waals surface area contributed by atoms with Gasteiger partial charge in [-0.3, -0.25) is 0 Å². The number of benzene rings is 1. The molecule has 1 fully saturated rings. The Balaban J connectivity index is 2.12. The number of methoxy groups -OCH3 is 3. The zero-order chi connectivity index (χ0) is 19.2. The Kier molecular flexibility index (Phi) is 6.91. The number of nitrogens with two attached hydrogens (primary N) is 1. The van der Waals surface area contributed by atoms with Gasteiger partial charge in [0.25, 0.3) is 0 Å². The molecule has 0 bridgehead atoms. The molecule has 6 heteroatoms. The quantitative estimate of drug-likeness (QED) is 0.592. The molecule has 1 aromatic carbocycles. The average Bonchev–Trinajstić information content (AvgIpc) is 2.65. The van der Waals surface area contributed by atoms with E-state index in [1.54, 1.807) is 33.5 Å². The first kappa shape index (κ1) is 20.1. The first-order valence-electron chi connectivity index (χ1n) is 8.94. The van der Waals surface area contributed by atoms with Crippen LogP contribution in [0.3, 0.4) is 0 Å². The van der Waals surface area contributed by atoms with E-state index in [0.717, 1.165) is 25.9 Å². The Labute approximate surface area is 155 Å². The first-order chi connectivity index (χ1) is 12.4. The van der Waals surface area contributed by atoms with Crippen LogP contribution in [0.4, 0.5) is 0 Å². The van der Waals surface area contributed by atoms with Crippen molar-refractivity contribution in [3.05, 3.63) is 23.8 Å². The van der Waals surface area contributed by atoms with Gasteiger partial charge in [-0.05, 0) is 32.1 Å². The molecule has 1 saturated heterocycles. The second kappa shape index (κ2) is 8.94. The largest absolute Gasteiger partial charge is 0.493 e. The van der Waals surface area contributed by atoms with Crippen molar-refractivity contribution < 1.29 is 29.1 Å². The normalized spacial score (nSPS) is 15.7. The van der Waals surface area contributed by atoms with Crippen molar-refractivity contribution in [3.8, 4) is 17.2 Å². The number of quaternary nitrogens is 1. The van der Waals surface area contributed by atoms with E-state index in [-0.39, 0.29) is 5.97 Å². The van der Waals surface area contributed by atoms with Crippen LogP contribution in [0.15, 0.2) is 18.2 Å². The van der Waals surface area contributed by atoms with Gasteiger partial charge in [-0.1, -0.05) is 0 Å². The van der Waals surface area contributed by atoms with Crippen molar-refractivity contribution in [1.82, 2.24) is 0 Å². The fourth-order valence-electron chi connectivity index (χ4n) is 3.41. The minimum Gasteiger partial charge on any atom is -0.493 e. The van der Waals surface area contributed by atoms with Crippen LogP contribution in [-0.4, -0.2) is 46.0 Å². The molecule has 0 atom stereocenters. The number of hydrogen-bond donors (Lipinski definition) is 1. The summed E-state index contributed by atoms with van der Waals surface area (Å²) in [6.45, 7) is 6.16. The van der Waals surface area contributed by atoms with E-state index < -0.39 is 5.60 Å². The van der Waals surface area contributed by atoms with Crippen molar-refractivity contribution in [2.45, 2.75) is 32.3 Å². The zero-order valence-electron chi connectivity index (χ0n) is 16.3. The number of piperidine rings is 1. The van der Waals surface area contributed by atoms with Crippen LogP contribution in [0.25, 0.3) is 6.08 Å². The lowest BCUT2D eigenvalue weighted by Gasteiger charge is -2.35. The van der Waals surface area contributed by atoms with Gasteiger partial charge in [0.05, 0.1) is 34.4 Å². The second-order valence-electron chi connectivity index (χ2n) is 6.92. The number of carbonyl (C=O) groups excluding carboxylic acids is 1. The lowest BCUT2D eigenvalue weighted by molar-refractivity contribution is -0.665. The second-order valence-corrected chi connectivity index (χ2v) is 6.92. The summed E-state index contributed by atoms with van der Waals surface area (Å²) in [6.07, 6.45) is 5.23. The number of rotatable bonds is 7. The molecule has 1 aromatic rings. The first-order valence-corrected chi connectivity index (χ1v) is 8.94. The summed E-state index contributed by atoms with van der Waals surface area (Å²) in [7, 11) is 4.66. The van der Waals surface area contributed by atoms with Gasteiger partial charge in [0, 0.05) is 30.4 Å². The van der Waals surface area contributed by atoms with Crippen LogP contribution in [0.5, 0.6) is 17.2 Å². The smallest absolute Gasteiger partial charge is 0.331 e. The summed E-state index contributed by atoms with van der Waals surface area (Å²) < 4.78 is 21.8. The summed E-state index contributed by atoms with van der Waals surface area (Å²) in [6, 6.07) is 3.58. The van der Waals surface area contributed by atoms with E-state index in [0.29, 0.717) is 28.7 Å². The third-order valence-electron chi connectivity index (χ3n) is 4.92. The van der Waals surface area contributed by atoms with E-state index in [1.807, 2.05) is 19.9 Å². The molecule has 2 rings (SSSR count). The highest BCUT2D eigenvalue weighted by atomic mass is 16.6. The molecule has 144 valence electrons. The summed E-state index contributed by atoms with van der Waals surface area (Å²) in [5.41, 5.74) is 0.240. The number of ether oxygens (including phenoxy) is 4. The predicted molar refractivity (Wildman–Crippen MR) is 99.7 cm³/mol. The lowest BCUT2D eigenvalue weighted by Crippen LogP contribution is -2.86. The molecule has 1 heterocycles. The summed E-state index contributed by atoms with van der Waals surface area (Å²) in [5.74, 6) is 1.60. The van der Waals surface area contributed by atoms with Crippen molar-refractivity contribution in [2.24, 2.45) is 5.92 Å². The maximum absolute atomic E-state index is 12.3. The Hall–Kier alpha value is -2.21. The molecular formula is C20H30NO5+. The SMILES string of the molecule is COc1ccc(/C=C/C(=O)OC(C)(C)C2CC[NH2+]CC2)c(OC)c1OC. The van der Waals surface area contributed by atoms with Gasteiger partial charge in [-0.25, -0.2) is 4.79 Å². The highest BCUT2D eigenvalue weighted by Gasteiger charge is 2.34. The van der Waals surface area contributed by atoms with Gasteiger partial charge in [0.15, 0.2) is 11.5 Å². The van der Waals surface area contributed by atoms with E-state index in [9.17, 15) is 4.79 Å². The molecule has 0 saturated carbocycles. The van der Waals surface area contributed by atoms with Crippen LogP contribution >= 0.6 is 0 Å². The van der Waals surface area contributed by atoms with Crippen LogP contribution in [-0.2, 0) is 9.53 Å². The molecule has 0 amide bonds. The molecule has 1 aliphatic heterocycles. The van der Waals surface area contributed by atoms with Crippen molar-refractivity contribution in [2.75, 3.05) is 34.4 Å². The molecule has 2 N–H and O–H groups in total. The Bertz CT molecular complexity index is 648. The Morgan fingerprint density at radius 2 is 1.73 bits per heavy atom. The number of carbonyl (C=O) groups is 1. The van der Waals surface area contributed by atoms with Crippen molar-refractivity contribution in [1.29, 1.82) is 0 Å². The highest BCUT2D eigenvalue weighted by Crippen LogP contribution is 2.40. The van der Waals surface area contributed by atoms with Crippen LogP contribution in [0.1, 0.15) is 32.3 Å². The van der Waals surface area contributed by atoms with Gasteiger partial charge in [-0.15, -0.1) is 0 Å². The van der Waals surface area contributed by atoms with E-state index in [2.05, 4.69) is 5.32 Å². The summed E-state index contributed by atoms with van der Waals surface area (Å²) in [4.78, 5) is 12.3. The van der Waals surface area contributed by atoms with Gasteiger partial charge in [0.2, 0.25) is 5.75 Å².